The Kier molecular flexibility index (Phi) is 4.69. The first kappa shape index (κ1) is 14.5. The molecule has 1 aromatic rings. The molecule has 0 aliphatic rings. The second kappa shape index (κ2) is 5.83. The van der Waals surface area contributed by atoms with E-state index < -0.39 is 16.1 Å². The van der Waals surface area contributed by atoms with Crippen molar-refractivity contribution in [1.82, 2.24) is 0 Å². The smallest absolute Gasteiger partial charge is 0.339 e. The van der Waals surface area contributed by atoms with Crippen LogP contribution >= 0.6 is 0 Å². The van der Waals surface area contributed by atoms with E-state index >= 15 is 0 Å². The number of aromatic carboxylic acids is 1. The minimum Gasteiger partial charge on any atom is -0.493 e. The lowest BCUT2D eigenvalue weighted by Crippen LogP contribution is -2.09. The maximum Gasteiger partial charge on any atom is 0.339 e. The molecule has 0 amide bonds. The number of carboxylic acid groups (broad SMARTS) is 1. The van der Waals surface area contributed by atoms with E-state index in [1.54, 1.807) is 6.92 Å². The summed E-state index contributed by atoms with van der Waals surface area (Å²) in [5.41, 5.74) is -0.211. The lowest BCUT2D eigenvalue weighted by Gasteiger charge is -2.09. The molecule has 1 N–H and O–H groups in total. The van der Waals surface area contributed by atoms with Crippen LogP contribution in [0.5, 0.6) is 5.75 Å². The molecule has 18 heavy (non-hydrogen) atoms. The van der Waals surface area contributed by atoms with E-state index in [-0.39, 0.29) is 29.4 Å². The van der Waals surface area contributed by atoms with Crippen LogP contribution < -0.4 is 4.74 Å². The van der Waals surface area contributed by atoms with Crippen molar-refractivity contribution in [3.05, 3.63) is 23.8 Å². The van der Waals surface area contributed by atoms with E-state index in [1.807, 2.05) is 0 Å². The summed E-state index contributed by atoms with van der Waals surface area (Å²) in [4.78, 5) is 10.8. The van der Waals surface area contributed by atoms with Crippen LogP contribution in [0.15, 0.2) is 23.1 Å². The zero-order chi connectivity index (χ0) is 13.8. The molecule has 0 atom stereocenters. The maximum atomic E-state index is 11.6. The summed E-state index contributed by atoms with van der Waals surface area (Å²) < 4.78 is 32.9. The lowest BCUT2D eigenvalue weighted by molar-refractivity contribution is 0.0692. The molecule has 0 unspecified atom stereocenters. The van der Waals surface area contributed by atoms with Crippen LogP contribution in [0.2, 0.25) is 0 Å². The van der Waals surface area contributed by atoms with Crippen molar-refractivity contribution in [3.8, 4) is 5.75 Å². The molecule has 0 saturated carbocycles. The Bertz CT molecular complexity index is 534. The first-order chi connectivity index (χ1) is 8.42. The molecule has 100 valence electrons. The fraction of sp³-hybridized carbons (Fsp3) is 0.364. The van der Waals surface area contributed by atoms with E-state index in [0.717, 1.165) is 6.07 Å². The Morgan fingerprint density at radius 3 is 2.44 bits per heavy atom. The Morgan fingerprint density at radius 2 is 1.94 bits per heavy atom. The summed E-state index contributed by atoms with van der Waals surface area (Å²) >= 11 is 0. The zero-order valence-electron chi connectivity index (χ0n) is 10.0. The number of ether oxygens (including phenoxy) is 1. The van der Waals surface area contributed by atoms with E-state index in [0.29, 0.717) is 0 Å². The topological polar surface area (TPSA) is 89.9 Å². The summed E-state index contributed by atoms with van der Waals surface area (Å²) in [6, 6.07) is 3.58. The first-order valence-corrected chi connectivity index (χ1v) is 6.72. The fourth-order valence-electron chi connectivity index (χ4n) is 1.34. The first-order valence-electron chi connectivity index (χ1n) is 5.32. The van der Waals surface area contributed by atoms with Crippen molar-refractivity contribution in [1.29, 1.82) is 0 Å². The van der Waals surface area contributed by atoms with Crippen LogP contribution in [0.3, 0.4) is 0 Å². The number of benzene rings is 1. The second-order valence-corrected chi connectivity index (χ2v) is 4.87. The van der Waals surface area contributed by atoms with Crippen LogP contribution in [-0.4, -0.2) is 32.7 Å². The molecule has 1 aromatic carbocycles. The minimum atomic E-state index is -3.92. The summed E-state index contributed by atoms with van der Waals surface area (Å²) in [5.74, 6) is -1.13. The highest BCUT2D eigenvalue weighted by molar-refractivity contribution is 7.86. The standard InChI is InChI=1S/C11H14O6S/c1-3-16-10-6-5-8(7-9(10)11(12)13)18(14,15)17-4-2/h5-7H,3-4H2,1-2H3,(H,12,13). The number of carboxylic acids is 1. The molecule has 6 nitrogen and oxygen atoms in total. The predicted octanol–water partition coefficient (Wildman–Crippen LogP) is 1.51. The highest BCUT2D eigenvalue weighted by atomic mass is 32.2. The van der Waals surface area contributed by atoms with Crippen molar-refractivity contribution in [2.75, 3.05) is 13.2 Å². The number of carbonyl (C=O) groups is 1. The van der Waals surface area contributed by atoms with Gasteiger partial charge >= 0.3 is 5.97 Å². The molecule has 0 saturated heterocycles. The monoisotopic (exact) mass is 274 g/mol. The normalized spacial score (nSPS) is 11.2. The quantitative estimate of drug-likeness (QED) is 0.791. The Morgan fingerprint density at radius 1 is 1.28 bits per heavy atom. The molecule has 0 aromatic heterocycles. The van der Waals surface area contributed by atoms with Gasteiger partial charge in [0.25, 0.3) is 10.1 Å². The van der Waals surface area contributed by atoms with Gasteiger partial charge in [0.2, 0.25) is 0 Å². The fourth-order valence-corrected chi connectivity index (χ4v) is 2.28. The van der Waals surface area contributed by atoms with Gasteiger partial charge in [-0.1, -0.05) is 0 Å². The zero-order valence-corrected chi connectivity index (χ0v) is 10.9. The van der Waals surface area contributed by atoms with E-state index in [9.17, 15) is 13.2 Å². The molecule has 0 aliphatic carbocycles. The van der Waals surface area contributed by atoms with Gasteiger partial charge in [-0.05, 0) is 32.0 Å². The third-order valence-electron chi connectivity index (χ3n) is 2.04. The van der Waals surface area contributed by atoms with Gasteiger partial charge in [-0.2, -0.15) is 8.42 Å². The van der Waals surface area contributed by atoms with Crippen molar-refractivity contribution in [2.45, 2.75) is 18.7 Å². The molecular weight excluding hydrogens is 260 g/mol. The molecule has 0 radical (unpaired) electrons. The van der Waals surface area contributed by atoms with E-state index in [4.69, 9.17) is 9.84 Å². The Balaban J connectivity index is 3.27. The summed E-state index contributed by atoms with van der Waals surface area (Å²) in [5, 5.41) is 9.00. The van der Waals surface area contributed by atoms with Crippen LogP contribution in [0, 0.1) is 0 Å². The second-order valence-electron chi connectivity index (χ2n) is 3.26. The van der Waals surface area contributed by atoms with Gasteiger partial charge in [-0.15, -0.1) is 0 Å². The third kappa shape index (κ3) is 3.21. The SMILES string of the molecule is CCOc1ccc(S(=O)(=O)OCC)cc1C(=O)O. The molecular formula is C11H14O6S. The minimum absolute atomic E-state index is 0.0159. The van der Waals surface area contributed by atoms with Crippen molar-refractivity contribution >= 4 is 16.1 Å². The molecule has 0 spiro atoms. The van der Waals surface area contributed by atoms with Crippen LogP contribution in [0.1, 0.15) is 24.2 Å². The molecule has 0 heterocycles. The van der Waals surface area contributed by atoms with Gasteiger partial charge in [0.15, 0.2) is 0 Å². The predicted molar refractivity (Wildman–Crippen MR) is 63.4 cm³/mol. The van der Waals surface area contributed by atoms with Gasteiger partial charge < -0.3 is 9.84 Å². The average Bonchev–Trinajstić information content (AvgIpc) is 2.29. The Hall–Kier alpha value is -1.60. The van der Waals surface area contributed by atoms with Gasteiger partial charge in [0, 0.05) is 0 Å². The Labute approximate surface area is 105 Å². The molecule has 0 aliphatic heterocycles. The van der Waals surface area contributed by atoms with Crippen molar-refractivity contribution in [3.63, 3.8) is 0 Å². The number of hydrogen-bond acceptors (Lipinski definition) is 5. The van der Waals surface area contributed by atoms with Gasteiger partial charge in [-0.25, -0.2) is 4.79 Å². The van der Waals surface area contributed by atoms with Gasteiger partial charge in [-0.3, -0.25) is 4.18 Å². The molecule has 0 fully saturated rings. The maximum absolute atomic E-state index is 11.6. The number of hydrogen-bond donors (Lipinski definition) is 1. The highest BCUT2D eigenvalue weighted by Gasteiger charge is 2.19. The highest BCUT2D eigenvalue weighted by Crippen LogP contribution is 2.23. The lowest BCUT2D eigenvalue weighted by atomic mass is 10.2. The molecule has 7 heteroatoms. The average molecular weight is 274 g/mol. The van der Waals surface area contributed by atoms with Gasteiger partial charge in [0.05, 0.1) is 18.1 Å². The number of rotatable bonds is 6. The summed E-state index contributed by atoms with van der Waals surface area (Å²) in [7, 11) is -3.92. The largest absolute Gasteiger partial charge is 0.493 e. The third-order valence-corrected chi connectivity index (χ3v) is 3.42. The van der Waals surface area contributed by atoms with E-state index in [1.165, 1.54) is 19.1 Å². The molecule has 1 rings (SSSR count). The summed E-state index contributed by atoms with van der Waals surface area (Å²) in [6.07, 6.45) is 0. The van der Waals surface area contributed by atoms with Crippen LogP contribution in [0.25, 0.3) is 0 Å². The van der Waals surface area contributed by atoms with E-state index in [2.05, 4.69) is 4.18 Å². The van der Waals surface area contributed by atoms with Crippen LogP contribution in [-0.2, 0) is 14.3 Å². The molecule has 0 bridgehead atoms. The van der Waals surface area contributed by atoms with Crippen LogP contribution in [0.4, 0.5) is 0 Å². The summed E-state index contributed by atoms with van der Waals surface area (Å²) in [6.45, 7) is 3.51. The van der Waals surface area contributed by atoms with Crippen molar-refractivity contribution < 1.29 is 27.2 Å². The van der Waals surface area contributed by atoms with Crippen molar-refractivity contribution in [2.24, 2.45) is 0 Å². The van der Waals surface area contributed by atoms with Gasteiger partial charge in [0.1, 0.15) is 11.3 Å².